The van der Waals surface area contributed by atoms with Crippen LogP contribution in [0.1, 0.15) is 25.0 Å². The van der Waals surface area contributed by atoms with Gasteiger partial charge in [-0.05, 0) is 50.6 Å². The first-order chi connectivity index (χ1) is 10.3. The van der Waals surface area contributed by atoms with E-state index in [4.69, 9.17) is 4.74 Å². The lowest BCUT2D eigenvalue weighted by atomic mass is 9.99. The number of anilines is 1. The predicted octanol–water partition coefficient (Wildman–Crippen LogP) is 3.24. The van der Waals surface area contributed by atoms with Crippen LogP contribution in [0.2, 0.25) is 0 Å². The van der Waals surface area contributed by atoms with E-state index in [1.54, 1.807) is 38.1 Å². The summed E-state index contributed by atoms with van der Waals surface area (Å²) in [5, 5.41) is 12.6. The lowest BCUT2D eigenvalue weighted by Gasteiger charge is -2.17. The molecule has 0 spiro atoms. The van der Waals surface area contributed by atoms with Crippen molar-refractivity contribution in [1.82, 2.24) is 0 Å². The molecule has 0 aliphatic heterocycles. The van der Waals surface area contributed by atoms with E-state index in [2.05, 4.69) is 5.32 Å². The highest BCUT2D eigenvalue weighted by Gasteiger charge is 2.15. The van der Waals surface area contributed by atoms with Gasteiger partial charge in [0.1, 0.15) is 5.75 Å². The van der Waals surface area contributed by atoms with E-state index in [9.17, 15) is 9.90 Å². The Morgan fingerprint density at radius 2 is 1.68 bits per heavy atom. The first-order valence-corrected chi connectivity index (χ1v) is 7.17. The summed E-state index contributed by atoms with van der Waals surface area (Å²) in [4.78, 5) is 11.8. The van der Waals surface area contributed by atoms with E-state index in [1.807, 2.05) is 31.2 Å². The van der Waals surface area contributed by atoms with Crippen molar-refractivity contribution in [2.75, 3.05) is 11.9 Å². The Morgan fingerprint density at radius 3 is 2.23 bits per heavy atom. The number of aliphatic hydroxyl groups is 1. The van der Waals surface area contributed by atoms with Crippen LogP contribution in [0.25, 0.3) is 0 Å². The first kappa shape index (κ1) is 16.0. The number of amides is 1. The predicted molar refractivity (Wildman–Crippen MR) is 87.0 cm³/mol. The summed E-state index contributed by atoms with van der Waals surface area (Å²) >= 11 is 0. The van der Waals surface area contributed by atoms with Gasteiger partial charge in [0.05, 0.1) is 5.60 Å². The Morgan fingerprint density at radius 1 is 1.09 bits per heavy atom. The molecule has 2 rings (SSSR count). The summed E-state index contributed by atoms with van der Waals surface area (Å²) in [7, 11) is 0. The van der Waals surface area contributed by atoms with E-state index in [0.29, 0.717) is 5.75 Å². The second-order valence-electron chi connectivity index (χ2n) is 5.79. The largest absolute Gasteiger partial charge is 0.484 e. The van der Waals surface area contributed by atoms with Gasteiger partial charge in [-0.15, -0.1) is 0 Å². The van der Waals surface area contributed by atoms with Crippen molar-refractivity contribution >= 4 is 11.6 Å². The molecule has 116 valence electrons. The fourth-order valence-corrected chi connectivity index (χ4v) is 1.94. The van der Waals surface area contributed by atoms with Gasteiger partial charge < -0.3 is 15.2 Å². The topological polar surface area (TPSA) is 58.6 Å². The minimum absolute atomic E-state index is 0.0598. The number of aryl methyl sites for hydroxylation is 1. The maximum absolute atomic E-state index is 11.8. The van der Waals surface area contributed by atoms with Crippen molar-refractivity contribution in [3.63, 3.8) is 0 Å². The second kappa shape index (κ2) is 6.62. The number of hydrogen-bond donors (Lipinski definition) is 2. The Bertz CT molecular complexity index is 625. The molecule has 0 aromatic heterocycles. The molecule has 1 amide bonds. The summed E-state index contributed by atoms with van der Waals surface area (Å²) in [5.74, 6) is 0.377. The molecule has 2 aromatic rings. The van der Waals surface area contributed by atoms with Crippen LogP contribution in [0.3, 0.4) is 0 Å². The van der Waals surface area contributed by atoms with Crippen LogP contribution in [0.5, 0.6) is 5.75 Å². The first-order valence-electron chi connectivity index (χ1n) is 7.17. The monoisotopic (exact) mass is 299 g/mol. The van der Waals surface area contributed by atoms with Gasteiger partial charge in [-0.1, -0.05) is 29.8 Å². The fourth-order valence-electron chi connectivity index (χ4n) is 1.94. The zero-order valence-electron chi connectivity index (χ0n) is 13.1. The highest BCUT2D eigenvalue weighted by Crippen LogP contribution is 2.22. The van der Waals surface area contributed by atoms with Crippen LogP contribution < -0.4 is 10.1 Å². The van der Waals surface area contributed by atoms with E-state index in [-0.39, 0.29) is 12.5 Å². The van der Waals surface area contributed by atoms with Crippen molar-refractivity contribution in [2.45, 2.75) is 26.4 Å². The van der Waals surface area contributed by atoms with E-state index < -0.39 is 5.60 Å². The van der Waals surface area contributed by atoms with Gasteiger partial charge in [0, 0.05) is 5.69 Å². The standard InChI is InChI=1S/C18H21NO3/c1-13-4-8-15(9-5-13)19-17(20)12-22-16-10-6-14(7-11-16)18(2,3)21/h4-11,21H,12H2,1-3H3,(H,19,20). The molecule has 0 saturated heterocycles. The lowest BCUT2D eigenvalue weighted by molar-refractivity contribution is -0.118. The van der Waals surface area contributed by atoms with Crippen LogP contribution >= 0.6 is 0 Å². The number of benzene rings is 2. The number of ether oxygens (including phenoxy) is 1. The molecule has 22 heavy (non-hydrogen) atoms. The third kappa shape index (κ3) is 4.60. The molecular weight excluding hydrogens is 278 g/mol. The van der Waals surface area contributed by atoms with Gasteiger partial charge in [-0.2, -0.15) is 0 Å². The Labute approximate surface area is 130 Å². The molecule has 4 nitrogen and oxygen atoms in total. The smallest absolute Gasteiger partial charge is 0.262 e. The van der Waals surface area contributed by atoms with E-state index in [1.165, 1.54) is 0 Å². The van der Waals surface area contributed by atoms with Gasteiger partial charge in [0.15, 0.2) is 6.61 Å². The molecule has 0 fully saturated rings. The minimum Gasteiger partial charge on any atom is -0.484 e. The molecule has 2 aromatic carbocycles. The van der Waals surface area contributed by atoms with Crippen molar-refractivity contribution in [1.29, 1.82) is 0 Å². The Hall–Kier alpha value is -2.33. The number of rotatable bonds is 5. The number of carbonyl (C=O) groups is 1. The average Bonchev–Trinajstić information content (AvgIpc) is 2.47. The molecule has 0 radical (unpaired) electrons. The molecule has 2 N–H and O–H groups in total. The molecule has 0 bridgehead atoms. The highest BCUT2D eigenvalue weighted by atomic mass is 16.5. The van der Waals surface area contributed by atoms with Crippen LogP contribution in [0.4, 0.5) is 5.69 Å². The molecule has 0 atom stereocenters. The zero-order valence-corrected chi connectivity index (χ0v) is 13.1. The van der Waals surface area contributed by atoms with Gasteiger partial charge in [0.25, 0.3) is 5.91 Å². The van der Waals surface area contributed by atoms with Gasteiger partial charge in [-0.3, -0.25) is 4.79 Å². The maximum atomic E-state index is 11.8. The Kier molecular flexibility index (Phi) is 4.83. The summed E-state index contributed by atoms with van der Waals surface area (Å²) in [6.45, 7) is 5.37. The summed E-state index contributed by atoms with van der Waals surface area (Å²) in [5.41, 5.74) is 1.79. The fraction of sp³-hybridized carbons (Fsp3) is 0.278. The molecule has 4 heteroatoms. The molecule has 0 aliphatic carbocycles. The van der Waals surface area contributed by atoms with Gasteiger partial charge in [-0.25, -0.2) is 0 Å². The molecule has 0 heterocycles. The SMILES string of the molecule is Cc1ccc(NC(=O)COc2ccc(C(C)(C)O)cc2)cc1. The van der Waals surface area contributed by atoms with Gasteiger partial charge in [0.2, 0.25) is 0 Å². The van der Waals surface area contributed by atoms with Gasteiger partial charge >= 0.3 is 0 Å². The van der Waals surface area contributed by atoms with Crippen molar-refractivity contribution in [2.24, 2.45) is 0 Å². The van der Waals surface area contributed by atoms with Crippen molar-refractivity contribution < 1.29 is 14.6 Å². The minimum atomic E-state index is -0.888. The third-order valence-corrected chi connectivity index (χ3v) is 3.27. The van der Waals surface area contributed by atoms with E-state index in [0.717, 1.165) is 16.8 Å². The van der Waals surface area contributed by atoms with Crippen LogP contribution in [-0.2, 0) is 10.4 Å². The second-order valence-corrected chi connectivity index (χ2v) is 5.79. The maximum Gasteiger partial charge on any atom is 0.262 e. The van der Waals surface area contributed by atoms with Crippen LogP contribution in [0, 0.1) is 6.92 Å². The number of carbonyl (C=O) groups excluding carboxylic acids is 1. The zero-order chi connectivity index (χ0) is 16.2. The van der Waals surface area contributed by atoms with Crippen LogP contribution in [0.15, 0.2) is 48.5 Å². The highest BCUT2D eigenvalue weighted by molar-refractivity contribution is 5.91. The molecular formula is C18H21NO3. The van der Waals surface area contributed by atoms with Crippen molar-refractivity contribution in [3.8, 4) is 5.75 Å². The molecule has 0 aliphatic rings. The summed E-state index contributed by atoms with van der Waals surface area (Å²) in [6, 6.07) is 14.6. The average molecular weight is 299 g/mol. The van der Waals surface area contributed by atoms with Crippen molar-refractivity contribution in [3.05, 3.63) is 59.7 Å². The molecule has 0 unspecified atom stereocenters. The van der Waals surface area contributed by atoms with E-state index >= 15 is 0 Å². The third-order valence-electron chi connectivity index (χ3n) is 3.27. The Balaban J connectivity index is 1.87. The summed E-state index contributed by atoms with van der Waals surface area (Å²) < 4.78 is 5.44. The normalized spacial score (nSPS) is 11.1. The number of hydrogen-bond acceptors (Lipinski definition) is 3. The summed E-state index contributed by atoms with van der Waals surface area (Å²) in [6.07, 6.45) is 0. The quantitative estimate of drug-likeness (QED) is 0.891. The van der Waals surface area contributed by atoms with Crippen LogP contribution in [-0.4, -0.2) is 17.6 Å². The number of nitrogens with one attached hydrogen (secondary N) is 1. The lowest BCUT2D eigenvalue weighted by Crippen LogP contribution is -2.20. The molecule has 0 saturated carbocycles.